The van der Waals surface area contributed by atoms with Crippen molar-refractivity contribution in [2.75, 3.05) is 13.1 Å². The van der Waals surface area contributed by atoms with Crippen LogP contribution in [0.4, 0.5) is 0 Å². The Morgan fingerprint density at radius 1 is 1.42 bits per heavy atom. The van der Waals surface area contributed by atoms with Gasteiger partial charge in [0, 0.05) is 13.1 Å². The Hall–Kier alpha value is -1.55. The van der Waals surface area contributed by atoms with Gasteiger partial charge in [0.1, 0.15) is 5.75 Å². The third kappa shape index (κ3) is 3.70. The molecular weight excluding hydrogens is 266 g/mol. The van der Waals surface area contributed by atoms with Gasteiger partial charge in [0.2, 0.25) is 0 Å². The van der Waals surface area contributed by atoms with Crippen LogP contribution < -0.4 is 4.74 Å². The molecule has 0 radical (unpaired) electrons. The molecule has 19 heavy (non-hydrogen) atoms. The quantitative estimate of drug-likeness (QED) is 0.754. The van der Waals surface area contributed by atoms with Crippen molar-refractivity contribution in [1.29, 1.82) is 0 Å². The third-order valence-electron chi connectivity index (χ3n) is 2.86. The molecule has 0 fully saturated rings. The topological polar surface area (TPSA) is 46.6 Å². The minimum Gasteiger partial charge on any atom is -0.480 e. The van der Waals surface area contributed by atoms with E-state index < -0.39 is 6.10 Å². The standard InChI is InChI=1S/C14H18ClNO3/c1-4-16(5-2)14(18)10(3)19-13-8-6-7-12(15)11(13)9-17/h6-10H,4-5H2,1-3H3. The SMILES string of the molecule is CCN(CC)C(=O)C(C)Oc1cccc(Cl)c1C=O. The number of nitrogens with zero attached hydrogens (tertiary/aromatic N) is 1. The van der Waals surface area contributed by atoms with Crippen molar-refractivity contribution in [3.63, 3.8) is 0 Å². The van der Waals surface area contributed by atoms with Gasteiger partial charge < -0.3 is 9.64 Å². The maximum Gasteiger partial charge on any atom is 0.263 e. The molecule has 0 aromatic heterocycles. The summed E-state index contributed by atoms with van der Waals surface area (Å²) in [6.45, 7) is 6.73. The lowest BCUT2D eigenvalue weighted by atomic mass is 10.2. The zero-order chi connectivity index (χ0) is 14.4. The highest BCUT2D eigenvalue weighted by Gasteiger charge is 2.21. The van der Waals surface area contributed by atoms with Crippen LogP contribution in [0, 0.1) is 0 Å². The maximum atomic E-state index is 12.1. The van der Waals surface area contributed by atoms with Gasteiger partial charge in [0.25, 0.3) is 5.91 Å². The summed E-state index contributed by atoms with van der Waals surface area (Å²) in [4.78, 5) is 24.7. The Morgan fingerprint density at radius 2 is 2.05 bits per heavy atom. The number of benzene rings is 1. The number of halogens is 1. The van der Waals surface area contributed by atoms with E-state index in [-0.39, 0.29) is 11.5 Å². The number of hydrogen-bond donors (Lipinski definition) is 0. The number of carbonyl (C=O) groups is 2. The molecule has 0 N–H and O–H groups in total. The van der Waals surface area contributed by atoms with E-state index in [1.807, 2.05) is 13.8 Å². The summed E-state index contributed by atoms with van der Waals surface area (Å²) in [7, 11) is 0. The second-order valence-electron chi connectivity index (χ2n) is 4.04. The molecule has 1 aromatic carbocycles. The van der Waals surface area contributed by atoms with E-state index in [1.165, 1.54) is 0 Å². The van der Waals surface area contributed by atoms with Crippen LogP contribution in [0.5, 0.6) is 5.75 Å². The van der Waals surface area contributed by atoms with Crippen molar-refractivity contribution in [2.24, 2.45) is 0 Å². The fourth-order valence-corrected chi connectivity index (χ4v) is 1.98. The number of rotatable bonds is 6. The molecule has 0 spiro atoms. The Labute approximate surface area is 118 Å². The summed E-state index contributed by atoms with van der Waals surface area (Å²) in [5, 5.41) is 0.315. The first-order valence-electron chi connectivity index (χ1n) is 6.24. The first kappa shape index (κ1) is 15.5. The molecule has 1 rings (SSSR count). The van der Waals surface area contributed by atoms with E-state index in [2.05, 4.69) is 0 Å². The predicted octanol–water partition coefficient (Wildman–Crippen LogP) is 2.79. The van der Waals surface area contributed by atoms with Gasteiger partial charge in [0.05, 0.1) is 10.6 Å². The van der Waals surface area contributed by atoms with Gasteiger partial charge in [-0.25, -0.2) is 0 Å². The number of hydrogen-bond acceptors (Lipinski definition) is 3. The van der Waals surface area contributed by atoms with Gasteiger partial charge >= 0.3 is 0 Å². The predicted molar refractivity (Wildman–Crippen MR) is 74.9 cm³/mol. The molecule has 5 heteroatoms. The fourth-order valence-electron chi connectivity index (χ4n) is 1.77. The lowest BCUT2D eigenvalue weighted by Crippen LogP contribution is -2.40. The molecule has 0 aliphatic rings. The molecule has 1 atom stereocenters. The van der Waals surface area contributed by atoms with Crippen LogP contribution in [0.15, 0.2) is 18.2 Å². The fraction of sp³-hybridized carbons (Fsp3) is 0.429. The highest BCUT2D eigenvalue weighted by Crippen LogP contribution is 2.25. The summed E-state index contributed by atoms with van der Waals surface area (Å²) >= 11 is 5.90. The van der Waals surface area contributed by atoms with E-state index in [4.69, 9.17) is 16.3 Å². The van der Waals surface area contributed by atoms with Crippen LogP contribution in [-0.2, 0) is 4.79 Å². The van der Waals surface area contributed by atoms with Crippen LogP contribution in [0.25, 0.3) is 0 Å². The van der Waals surface area contributed by atoms with Crippen molar-refractivity contribution in [3.8, 4) is 5.75 Å². The van der Waals surface area contributed by atoms with E-state index in [0.717, 1.165) is 0 Å². The molecule has 1 aromatic rings. The van der Waals surface area contributed by atoms with Crippen LogP contribution >= 0.6 is 11.6 Å². The lowest BCUT2D eigenvalue weighted by molar-refractivity contribution is -0.137. The third-order valence-corrected chi connectivity index (χ3v) is 3.19. The Kier molecular flexibility index (Phi) is 5.83. The van der Waals surface area contributed by atoms with Crippen molar-refractivity contribution in [2.45, 2.75) is 26.9 Å². The first-order valence-corrected chi connectivity index (χ1v) is 6.62. The molecule has 0 aliphatic carbocycles. The molecule has 0 bridgehead atoms. The van der Waals surface area contributed by atoms with Gasteiger partial charge in [-0.1, -0.05) is 17.7 Å². The highest BCUT2D eigenvalue weighted by atomic mass is 35.5. The molecule has 0 saturated heterocycles. The summed E-state index contributed by atoms with van der Waals surface area (Å²) < 4.78 is 5.56. The zero-order valence-corrected chi connectivity index (χ0v) is 12.1. The van der Waals surface area contributed by atoms with Gasteiger partial charge in [-0.2, -0.15) is 0 Å². The molecule has 1 unspecified atom stereocenters. The minimum atomic E-state index is -0.655. The van der Waals surface area contributed by atoms with Gasteiger partial charge in [0.15, 0.2) is 12.4 Å². The van der Waals surface area contributed by atoms with Crippen molar-refractivity contribution < 1.29 is 14.3 Å². The smallest absolute Gasteiger partial charge is 0.263 e. The zero-order valence-electron chi connectivity index (χ0n) is 11.4. The molecule has 1 amide bonds. The van der Waals surface area contributed by atoms with Gasteiger partial charge in [-0.3, -0.25) is 9.59 Å². The maximum absolute atomic E-state index is 12.1. The summed E-state index contributed by atoms with van der Waals surface area (Å²) in [6, 6.07) is 4.91. The average Bonchev–Trinajstić information content (AvgIpc) is 2.40. The van der Waals surface area contributed by atoms with E-state index in [9.17, 15) is 9.59 Å². The minimum absolute atomic E-state index is 0.109. The van der Waals surface area contributed by atoms with Crippen LogP contribution in [0.2, 0.25) is 5.02 Å². The van der Waals surface area contributed by atoms with Gasteiger partial charge in [-0.05, 0) is 32.9 Å². The van der Waals surface area contributed by atoms with Crippen molar-refractivity contribution in [3.05, 3.63) is 28.8 Å². The molecule has 0 saturated carbocycles. The van der Waals surface area contributed by atoms with Crippen LogP contribution in [-0.4, -0.2) is 36.3 Å². The number of ether oxygens (including phenoxy) is 1. The summed E-state index contributed by atoms with van der Waals surface area (Å²) in [5.41, 5.74) is 0.267. The van der Waals surface area contributed by atoms with Crippen LogP contribution in [0.1, 0.15) is 31.1 Å². The number of carbonyl (C=O) groups excluding carboxylic acids is 2. The lowest BCUT2D eigenvalue weighted by Gasteiger charge is -2.23. The second-order valence-corrected chi connectivity index (χ2v) is 4.45. The van der Waals surface area contributed by atoms with Gasteiger partial charge in [-0.15, -0.1) is 0 Å². The number of likely N-dealkylation sites (N-methyl/N-ethyl adjacent to an activating group) is 1. The number of amides is 1. The Morgan fingerprint density at radius 3 is 2.58 bits per heavy atom. The van der Waals surface area contributed by atoms with Crippen molar-refractivity contribution >= 4 is 23.8 Å². The summed E-state index contributed by atoms with van der Waals surface area (Å²) in [5.74, 6) is 0.220. The summed E-state index contributed by atoms with van der Waals surface area (Å²) in [6.07, 6.45) is -0.0243. The molecule has 104 valence electrons. The van der Waals surface area contributed by atoms with E-state index in [0.29, 0.717) is 30.1 Å². The molecular formula is C14H18ClNO3. The normalized spacial score (nSPS) is 11.8. The average molecular weight is 284 g/mol. The number of aldehydes is 1. The van der Waals surface area contributed by atoms with E-state index >= 15 is 0 Å². The van der Waals surface area contributed by atoms with Crippen LogP contribution in [0.3, 0.4) is 0 Å². The molecule has 0 heterocycles. The first-order chi connectivity index (χ1) is 9.04. The Bertz CT molecular complexity index is 458. The highest BCUT2D eigenvalue weighted by molar-refractivity contribution is 6.33. The van der Waals surface area contributed by atoms with Crippen molar-refractivity contribution in [1.82, 2.24) is 4.90 Å². The second kappa shape index (κ2) is 7.14. The molecule has 0 aliphatic heterocycles. The Balaban J connectivity index is 2.88. The van der Waals surface area contributed by atoms with E-state index in [1.54, 1.807) is 30.0 Å². The largest absolute Gasteiger partial charge is 0.480 e. The monoisotopic (exact) mass is 283 g/mol. The molecule has 4 nitrogen and oxygen atoms in total.